The lowest BCUT2D eigenvalue weighted by Crippen LogP contribution is -2.63. The average Bonchev–Trinajstić information content (AvgIpc) is 3.72. The zero-order valence-electron chi connectivity index (χ0n) is 35.4. The molecule has 2 aromatic rings. The molecule has 1 aliphatic rings. The van der Waals surface area contributed by atoms with Crippen LogP contribution in [0.5, 0.6) is 5.75 Å². The van der Waals surface area contributed by atoms with E-state index >= 15 is 0 Å². The van der Waals surface area contributed by atoms with Crippen LogP contribution in [0.25, 0.3) is 0 Å². The number of aliphatic hydroxyl groups excluding tert-OH is 3. The molecule has 1 aromatic heterocycles. The lowest BCUT2D eigenvalue weighted by Gasteiger charge is -2.39. The number of benzene rings is 1. The van der Waals surface area contributed by atoms with Crippen LogP contribution in [0.2, 0.25) is 0 Å². The van der Waals surface area contributed by atoms with E-state index < -0.39 is 109 Å². The smallest absolute Gasteiger partial charge is 0.322 e. The molecule has 23 nitrogen and oxygen atoms in total. The standard InChI is InChI=1S/C39H59N9O14/c1-18(2)28(48-34(55)25(45-20(5)6)13-22-14-41-17-44-22)35(56)47-24(8-7-11-42-39(40)59)33(54)46-23-10-9-21(16-60-37(58)19(3)4)12-26(23)61-38-31(53)29(51)30(52)32(62-38)36(57)43-15-27(49)50/h9-10,12,14,17-20,24-25,28-32,38,45,51-53H,7-8,11,13,15-16H2,1-6H3,(H,41,44)(H,43,57)(H,46,54)(H,47,56)(H,48,55)(H,49,50)(H3,40,42,59)/t24-,25-,28-,29-,30-,31+,32-,38+/m1/s1. The van der Waals surface area contributed by atoms with Gasteiger partial charge in [0, 0.05) is 30.9 Å². The SMILES string of the molecule is CC(C)N[C@H](Cc1cnc[nH]1)C(=O)N[C@@H](C(=O)N[C@H](CCCNC(N)=O)C(=O)Nc1ccc(COC(=O)C(C)C)cc1O[C@H]1O[C@@H](C(=O)NCC(=O)O)[C@H](O)[C@@H](O)[C@@H]1O)C(C)C. The minimum absolute atomic E-state index is 0.0277. The molecule has 1 fully saturated rings. The summed E-state index contributed by atoms with van der Waals surface area (Å²) in [5, 5.41) is 56.7. The number of ether oxygens (including phenoxy) is 3. The minimum Gasteiger partial charge on any atom is -0.480 e. The first-order chi connectivity index (χ1) is 29.2. The molecule has 0 unspecified atom stereocenters. The summed E-state index contributed by atoms with van der Waals surface area (Å²) < 4.78 is 16.7. The number of carbonyl (C=O) groups excluding carboxylic acids is 6. The van der Waals surface area contributed by atoms with E-state index in [2.05, 4.69) is 36.6 Å². The third kappa shape index (κ3) is 15.5. The molecule has 0 aliphatic carbocycles. The van der Waals surface area contributed by atoms with Gasteiger partial charge in [0.2, 0.25) is 24.0 Å². The van der Waals surface area contributed by atoms with Crippen LogP contribution in [0.1, 0.15) is 65.6 Å². The van der Waals surface area contributed by atoms with E-state index in [-0.39, 0.29) is 49.9 Å². The highest BCUT2D eigenvalue weighted by Crippen LogP contribution is 2.32. The van der Waals surface area contributed by atoms with E-state index in [4.69, 9.17) is 25.1 Å². The zero-order chi connectivity index (χ0) is 46.3. The van der Waals surface area contributed by atoms with Crippen molar-refractivity contribution in [3.8, 4) is 5.75 Å². The van der Waals surface area contributed by atoms with Crippen molar-refractivity contribution in [2.75, 3.05) is 18.4 Å². The number of aliphatic carboxylic acids is 1. The van der Waals surface area contributed by atoms with Crippen LogP contribution in [-0.4, -0.2) is 140 Å². The van der Waals surface area contributed by atoms with Gasteiger partial charge >= 0.3 is 18.0 Å². The average molecular weight is 878 g/mol. The van der Waals surface area contributed by atoms with Crippen molar-refractivity contribution < 1.29 is 68.2 Å². The number of carboxylic acids is 1. The first-order valence-electron chi connectivity index (χ1n) is 20.0. The maximum absolute atomic E-state index is 14.1. The lowest BCUT2D eigenvalue weighted by atomic mass is 9.98. The van der Waals surface area contributed by atoms with E-state index in [1.54, 1.807) is 33.9 Å². The predicted molar refractivity (Wildman–Crippen MR) is 218 cm³/mol. The molecule has 8 atom stereocenters. The molecular weight excluding hydrogens is 818 g/mol. The van der Waals surface area contributed by atoms with Gasteiger partial charge in [0.05, 0.1) is 24.0 Å². The van der Waals surface area contributed by atoms with Gasteiger partial charge in [-0.1, -0.05) is 47.6 Å². The van der Waals surface area contributed by atoms with Gasteiger partial charge in [0.25, 0.3) is 5.91 Å². The number of aromatic amines is 1. The van der Waals surface area contributed by atoms with Gasteiger partial charge in [-0.2, -0.15) is 0 Å². The maximum Gasteiger partial charge on any atom is 0.322 e. The number of esters is 1. The number of aliphatic hydroxyl groups is 3. The van der Waals surface area contributed by atoms with Crippen molar-refractivity contribution in [1.82, 2.24) is 36.6 Å². The Labute approximate surface area is 357 Å². The molecule has 1 aliphatic heterocycles. The Bertz CT molecular complexity index is 1840. The first-order valence-corrected chi connectivity index (χ1v) is 20.0. The van der Waals surface area contributed by atoms with Crippen LogP contribution >= 0.6 is 0 Å². The summed E-state index contributed by atoms with van der Waals surface area (Å²) in [6, 6.07) is -0.0118. The maximum atomic E-state index is 14.1. The van der Waals surface area contributed by atoms with Gasteiger partial charge in [0.15, 0.2) is 6.10 Å². The molecular formula is C39H59N9O14. The zero-order valence-corrected chi connectivity index (χ0v) is 35.4. The third-order valence-electron chi connectivity index (χ3n) is 9.32. The number of imidazole rings is 1. The number of H-pyrrole nitrogens is 1. The number of rotatable bonds is 23. The number of urea groups is 1. The Morgan fingerprint density at radius 2 is 1.61 bits per heavy atom. The molecule has 62 heavy (non-hydrogen) atoms. The van der Waals surface area contributed by atoms with E-state index in [9.17, 15) is 48.9 Å². The number of aromatic nitrogens is 2. The summed E-state index contributed by atoms with van der Waals surface area (Å²) in [5.41, 5.74) is 6.09. The van der Waals surface area contributed by atoms with Gasteiger partial charge < -0.3 is 77.3 Å². The van der Waals surface area contributed by atoms with E-state index in [1.807, 2.05) is 19.2 Å². The molecule has 13 N–H and O–H groups in total. The molecule has 0 radical (unpaired) electrons. The van der Waals surface area contributed by atoms with Crippen molar-refractivity contribution in [2.45, 2.75) is 122 Å². The van der Waals surface area contributed by atoms with E-state index in [0.29, 0.717) is 11.3 Å². The highest BCUT2D eigenvalue weighted by atomic mass is 16.7. The van der Waals surface area contributed by atoms with Crippen molar-refractivity contribution >= 4 is 47.3 Å². The second kappa shape index (κ2) is 23.9. The molecule has 344 valence electrons. The Morgan fingerprint density at radius 3 is 2.21 bits per heavy atom. The number of hydrogen-bond donors (Lipinski definition) is 12. The second-order valence-electron chi connectivity index (χ2n) is 15.6. The van der Waals surface area contributed by atoms with Crippen molar-refractivity contribution in [3.63, 3.8) is 0 Å². The van der Waals surface area contributed by atoms with Crippen LogP contribution in [0.4, 0.5) is 10.5 Å². The number of amides is 6. The Morgan fingerprint density at radius 1 is 0.903 bits per heavy atom. The Hall–Kier alpha value is -5.88. The van der Waals surface area contributed by atoms with Crippen LogP contribution in [0.3, 0.4) is 0 Å². The lowest BCUT2D eigenvalue weighted by molar-refractivity contribution is -0.266. The summed E-state index contributed by atoms with van der Waals surface area (Å²) in [6.45, 7) is 9.28. The van der Waals surface area contributed by atoms with Crippen molar-refractivity contribution in [2.24, 2.45) is 17.6 Å². The number of carbonyl (C=O) groups is 7. The summed E-state index contributed by atoms with van der Waals surface area (Å²) in [6.07, 6.45) is -6.50. The van der Waals surface area contributed by atoms with Gasteiger partial charge in [-0.25, -0.2) is 9.78 Å². The number of carboxylic acid groups (broad SMARTS) is 1. The quantitative estimate of drug-likeness (QED) is 0.0429. The Balaban J connectivity index is 1.94. The number of hydrogen-bond acceptors (Lipinski definition) is 15. The Kier molecular flexibility index (Phi) is 19.5. The second-order valence-corrected chi connectivity index (χ2v) is 15.6. The van der Waals surface area contributed by atoms with Crippen molar-refractivity contribution in [1.29, 1.82) is 0 Å². The summed E-state index contributed by atoms with van der Waals surface area (Å²) >= 11 is 0. The summed E-state index contributed by atoms with van der Waals surface area (Å²) in [7, 11) is 0. The van der Waals surface area contributed by atoms with E-state index in [1.165, 1.54) is 24.5 Å². The number of primary amides is 1. The first kappa shape index (κ1) is 50.5. The molecule has 1 saturated heterocycles. The fourth-order valence-electron chi connectivity index (χ4n) is 6.03. The molecule has 0 spiro atoms. The van der Waals surface area contributed by atoms with Crippen LogP contribution in [0, 0.1) is 11.8 Å². The summed E-state index contributed by atoms with van der Waals surface area (Å²) in [4.78, 5) is 96.0. The fourth-order valence-corrected chi connectivity index (χ4v) is 6.03. The highest BCUT2D eigenvalue weighted by molar-refractivity contribution is 5.99. The minimum atomic E-state index is -2.03. The monoisotopic (exact) mass is 877 g/mol. The fraction of sp³-hybridized carbons (Fsp3) is 0.590. The van der Waals surface area contributed by atoms with Gasteiger partial charge in [-0.15, -0.1) is 0 Å². The third-order valence-corrected chi connectivity index (χ3v) is 9.32. The van der Waals surface area contributed by atoms with Crippen molar-refractivity contribution in [3.05, 3.63) is 42.0 Å². The predicted octanol–water partition coefficient (Wildman–Crippen LogP) is -1.88. The number of nitrogens with two attached hydrogens (primary N) is 1. The highest BCUT2D eigenvalue weighted by Gasteiger charge is 2.48. The normalized spacial score (nSPS) is 20.1. The number of anilines is 1. The van der Waals surface area contributed by atoms with Gasteiger partial charge in [0.1, 0.15) is 49.3 Å². The molecule has 23 heteroatoms. The van der Waals surface area contributed by atoms with Crippen LogP contribution in [-0.2, 0) is 51.3 Å². The molecule has 0 bridgehead atoms. The summed E-state index contributed by atoms with van der Waals surface area (Å²) in [5.74, 6) is -6.30. The molecule has 1 aromatic carbocycles. The topological polar surface area (TPSA) is 355 Å². The van der Waals surface area contributed by atoms with Gasteiger partial charge in [-0.05, 0) is 36.5 Å². The van der Waals surface area contributed by atoms with Gasteiger partial charge in [-0.3, -0.25) is 28.8 Å². The van der Waals surface area contributed by atoms with Crippen LogP contribution < -0.4 is 42.4 Å². The largest absolute Gasteiger partial charge is 0.480 e. The molecule has 3 rings (SSSR count). The number of nitrogens with zero attached hydrogens (tertiary/aromatic N) is 1. The van der Waals surface area contributed by atoms with Crippen LogP contribution in [0.15, 0.2) is 30.7 Å². The molecule has 2 heterocycles. The van der Waals surface area contributed by atoms with E-state index in [0.717, 1.165) is 0 Å². The number of nitrogens with one attached hydrogen (secondary N) is 7. The molecule has 6 amide bonds. The molecule has 0 saturated carbocycles.